The Hall–Kier alpha value is -0.120. The molecule has 7 heteroatoms. The van der Waals surface area contributed by atoms with E-state index in [1.54, 1.807) is 0 Å². The van der Waals surface area contributed by atoms with Crippen molar-refractivity contribution in [2.24, 2.45) is 10.7 Å². The first kappa shape index (κ1) is 16.9. The number of aliphatic imine (C=N–C) groups is 1. The van der Waals surface area contributed by atoms with Gasteiger partial charge in [-0.05, 0) is 6.42 Å². The monoisotopic (exact) mass is 385 g/mol. The molecule has 0 aliphatic carbocycles. The lowest BCUT2D eigenvalue weighted by Crippen LogP contribution is -2.38. The van der Waals surface area contributed by atoms with Crippen LogP contribution in [0.3, 0.4) is 0 Å². The van der Waals surface area contributed by atoms with Gasteiger partial charge in [-0.2, -0.15) is 0 Å². The average Bonchev–Trinajstić information content (AvgIpc) is 2.78. The molecular formula is C12H24IN3O3. The summed E-state index contributed by atoms with van der Waals surface area (Å²) in [6.07, 6.45) is 2.64. The molecule has 2 aliphatic rings. The molecule has 0 radical (unpaired) electrons. The van der Waals surface area contributed by atoms with Crippen molar-refractivity contribution >= 4 is 29.9 Å². The normalized spacial score (nSPS) is 26.2. The Kier molecular flexibility index (Phi) is 7.33. The Bertz CT molecular complexity index is 296. The topological polar surface area (TPSA) is 78.1 Å². The molecule has 0 aromatic carbocycles. The van der Waals surface area contributed by atoms with E-state index in [-0.39, 0.29) is 30.1 Å². The van der Waals surface area contributed by atoms with Gasteiger partial charge >= 0.3 is 0 Å². The second-order valence-electron chi connectivity index (χ2n) is 4.73. The predicted octanol–water partition coefficient (Wildman–Crippen LogP) is 0.841. The lowest BCUT2D eigenvalue weighted by Gasteiger charge is -2.31. The van der Waals surface area contributed by atoms with Gasteiger partial charge in [0.15, 0.2) is 11.7 Å². The first-order chi connectivity index (χ1) is 8.74. The van der Waals surface area contributed by atoms with E-state index in [0.717, 1.165) is 25.8 Å². The first-order valence-electron chi connectivity index (χ1n) is 6.67. The van der Waals surface area contributed by atoms with Crippen LogP contribution in [0.25, 0.3) is 0 Å². The van der Waals surface area contributed by atoms with Crippen LogP contribution < -0.4 is 11.1 Å². The zero-order valence-corrected chi connectivity index (χ0v) is 13.7. The number of nitrogens with one attached hydrogen (secondary N) is 1. The summed E-state index contributed by atoms with van der Waals surface area (Å²) in [6.45, 7) is 5.48. The van der Waals surface area contributed by atoms with Crippen molar-refractivity contribution in [1.82, 2.24) is 5.32 Å². The van der Waals surface area contributed by atoms with Crippen molar-refractivity contribution in [3.05, 3.63) is 0 Å². The molecule has 0 aromatic rings. The maximum Gasteiger partial charge on any atom is 0.188 e. The molecule has 2 rings (SSSR count). The molecule has 0 amide bonds. The Morgan fingerprint density at radius 1 is 1.42 bits per heavy atom. The SMILES string of the molecule is CCCNC(N)=NCC1COC2(CCOCC2)O1.I. The van der Waals surface area contributed by atoms with Gasteiger partial charge in [-0.25, -0.2) is 0 Å². The molecule has 2 aliphatic heterocycles. The fraction of sp³-hybridized carbons (Fsp3) is 0.917. The molecule has 6 nitrogen and oxygen atoms in total. The van der Waals surface area contributed by atoms with Crippen LogP contribution in [0.5, 0.6) is 0 Å². The molecule has 112 valence electrons. The molecule has 1 atom stereocenters. The van der Waals surface area contributed by atoms with Crippen molar-refractivity contribution in [3.63, 3.8) is 0 Å². The minimum atomic E-state index is -0.427. The molecule has 2 heterocycles. The number of rotatable bonds is 4. The number of hydrogen-bond acceptors (Lipinski definition) is 4. The van der Waals surface area contributed by atoms with Gasteiger partial charge in [-0.15, -0.1) is 24.0 Å². The largest absolute Gasteiger partial charge is 0.381 e. The summed E-state index contributed by atoms with van der Waals surface area (Å²) in [7, 11) is 0. The molecular weight excluding hydrogens is 361 g/mol. The lowest BCUT2D eigenvalue weighted by molar-refractivity contribution is -0.210. The highest BCUT2D eigenvalue weighted by molar-refractivity contribution is 14.0. The third-order valence-corrected chi connectivity index (χ3v) is 3.19. The molecule has 3 N–H and O–H groups in total. The van der Waals surface area contributed by atoms with Gasteiger partial charge in [0.25, 0.3) is 0 Å². The lowest BCUT2D eigenvalue weighted by atomic mass is 10.1. The fourth-order valence-electron chi connectivity index (χ4n) is 2.16. The van der Waals surface area contributed by atoms with Crippen LogP contribution in [-0.4, -0.2) is 50.8 Å². The summed E-state index contributed by atoms with van der Waals surface area (Å²) in [5.41, 5.74) is 5.73. The summed E-state index contributed by atoms with van der Waals surface area (Å²) < 4.78 is 17.0. The summed E-state index contributed by atoms with van der Waals surface area (Å²) in [5.74, 6) is 0.0534. The van der Waals surface area contributed by atoms with Crippen molar-refractivity contribution in [2.45, 2.75) is 38.1 Å². The van der Waals surface area contributed by atoms with E-state index >= 15 is 0 Å². The van der Waals surface area contributed by atoms with Crippen LogP contribution in [-0.2, 0) is 14.2 Å². The van der Waals surface area contributed by atoms with Gasteiger partial charge in [0.1, 0.15) is 6.10 Å². The van der Waals surface area contributed by atoms with Gasteiger partial charge in [-0.1, -0.05) is 6.92 Å². The van der Waals surface area contributed by atoms with Gasteiger partial charge in [0.05, 0.1) is 26.4 Å². The molecule has 0 bridgehead atoms. The highest BCUT2D eigenvalue weighted by Crippen LogP contribution is 2.33. The third-order valence-electron chi connectivity index (χ3n) is 3.19. The van der Waals surface area contributed by atoms with E-state index in [9.17, 15) is 0 Å². The molecule has 0 saturated carbocycles. The van der Waals surface area contributed by atoms with Gasteiger partial charge < -0.3 is 25.3 Å². The number of hydrogen-bond donors (Lipinski definition) is 2. The average molecular weight is 385 g/mol. The third kappa shape index (κ3) is 5.05. The van der Waals surface area contributed by atoms with Crippen molar-refractivity contribution < 1.29 is 14.2 Å². The van der Waals surface area contributed by atoms with Crippen LogP contribution in [0.1, 0.15) is 26.2 Å². The van der Waals surface area contributed by atoms with E-state index < -0.39 is 5.79 Å². The van der Waals surface area contributed by atoms with E-state index in [4.69, 9.17) is 19.9 Å². The Balaban J connectivity index is 0.00000180. The minimum absolute atomic E-state index is 0. The highest BCUT2D eigenvalue weighted by atomic mass is 127. The fourth-order valence-corrected chi connectivity index (χ4v) is 2.16. The molecule has 1 unspecified atom stereocenters. The van der Waals surface area contributed by atoms with Gasteiger partial charge in [0.2, 0.25) is 0 Å². The molecule has 2 saturated heterocycles. The zero-order valence-electron chi connectivity index (χ0n) is 11.4. The Morgan fingerprint density at radius 2 is 2.16 bits per heavy atom. The van der Waals surface area contributed by atoms with Crippen molar-refractivity contribution in [1.29, 1.82) is 0 Å². The van der Waals surface area contributed by atoms with Crippen molar-refractivity contribution in [2.75, 3.05) is 32.9 Å². The standard InChI is InChI=1S/C12H23N3O3.HI/c1-2-5-14-11(13)15-8-10-9-17-12(18-10)3-6-16-7-4-12;/h10H,2-9H2,1H3,(H3,13,14,15);1H. The number of halogens is 1. The van der Waals surface area contributed by atoms with Crippen LogP contribution in [0.15, 0.2) is 4.99 Å². The summed E-state index contributed by atoms with van der Waals surface area (Å²) in [5, 5.41) is 3.04. The number of guanidine groups is 1. The van der Waals surface area contributed by atoms with E-state index in [0.29, 0.717) is 32.3 Å². The predicted molar refractivity (Wildman–Crippen MR) is 83.8 cm³/mol. The molecule has 1 spiro atoms. The highest BCUT2D eigenvalue weighted by Gasteiger charge is 2.42. The van der Waals surface area contributed by atoms with Crippen LogP contribution >= 0.6 is 24.0 Å². The molecule has 19 heavy (non-hydrogen) atoms. The van der Waals surface area contributed by atoms with Crippen LogP contribution in [0.4, 0.5) is 0 Å². The molecule has 0 aromatic heterocycles. The van der Waals surface area contributed by atoms with Gasteiger partial charge in [0, 0.05) is 19.4 Å². The maximum atomic E-state index is 5.95. The zero-order chi connectivity index (χ0) is 12.8. The number of ether oxygens (including phenoxy) is 3. The van der Waals surface area contributed by atoms with E-state index in [1.165, 1.54) is 0 Å². The Morgan fingerprint density at radius 3 is 2.84 bits per heavy atom. The number of nitrogens with zero attached hydrogens (tertiary/aromatic N) is 1. The Labute approximate surface area is 131 Å². The summed E-state index contributed by atoms with van der Waals surface area (Å²) in [6, 6.07) is 0. The smallest absolute Gasteiger partial charge is 0.188 e. The second-order valence-corrected chi connectivity index (χ2v) is 4.73. The quantitative estimate of drug-likeness (QED) is 0.426. The summed E-state index contributed by atoms with van der Waals surface area (Å²) in [4.78, 5) is 4.27. The van der Waals surface area contributed by atoms with Crippen LogP contribution in [0, 0.1) is 0 Å². The van der Waals surface area contributed by atoms with Crippen molar-refractivity contribution in [3.8, 4) is 0 Å². The minimum Gasteiger partial charge on any atom is -0.381 e. The summed E-state index contributed by atoms with van der Waals surface area (Å²) >= 11 is 0. The number of nitrogens with two attached hydrogens (primary N) is 1. The maximum absolute atomic E-state index is 5.95. The molecule has 2 fully saturated rings. The van der Waals surface area contributed by atoms with E-state index in [1.807, 2.05) is 0 Å². The van der Waals surface area contributed by atoms with E-state index in [2.05, 4.69) is 17.2 Å². The second kappa shape index (κ2) is 8.23. The van der Waals surface area contributed by atoms with Gasteiger partial charge in [-0.3, -0.25) is 4.99 Å². The van der Waals surface area contributed by atoms with Crippen LogP contribution in [0.2, 0.25) is 0 Å². The first-order valence-corrected chi connectivity index (χ1v) is 6.67.